The topological polar surface area (TPSA) is 99.2 Å². The molecular formula is C29H29NO7S3. The van der Waals surface area contributed by atoms with Crippen LogP contribution in [-0.2, 0) is 33.4 Å². The molecule has 0 bridgehead atoms. The molecule has 0 fully saturated rings. The summed E-state index contributed by atoms with van der Waals surface area (Å²) in [7, 11) is 2.49. The Morgan fingerprint density at radius 3 is 2.20 bits per heavy atom. The number of rotatable bonds is 5. The summed E-state index contributed by atoms with van der Waals surface area (Å²) in [5, 5.41) is 0. The van der Waals surface area contributed by atoms with Gasteiger partial charge in [-0.3, -0.25) is 14.5 Å². The van der Waals surface area contributed by atoms with Crippen molar-refractivity contribution < 1.29 is 33.4 Å². The van der Waals surface area contributed by atoms with Crippen LogP contribution in [0.25, 0.3) is 5.57 Å². The Morgan fingerprint density at radius 1 is 1.05 bits per heavy atom. The predicted octanol–water partition coefficient (Wildman–Crippen LogP) is 5.40. The number of anilines is 1. The monoisotopic (exact) mass is 599 g/mol. The molecule has 0 radical (unpaired) electrons. The highest BCUT2D eigenvalue weighted by molar-refractivity contribution is 8.29. The van der Waals surface area contributed by atoms with Crippen LogP contribution in [0.3, 0.4) is 0 Å². The van der Waals surface area contributed by atoms with E-state index >= 15 is 0 Å². The van der Waals surface area contributed by atoms with Crippen molar-refractivity contribution >= 4 is 75.7 Å². The lowest BCUT2D eigenvalue weighted by atomic mass is 9.82. The Labute approximate surface area is 246 Å². The largest absolute Gasteiger partial charge is 0.465 e. The quantitative estimate of drug-likeness (QED) is 0.189. The molecule has 8 nitrogen and oxygen atoms in total. The van der Waals surface area contributed by atoms with E-state index in [9.17, 15) is 19.2 Å². The van der Waals surface area contributed by atoms with Crippen LogP contribution in [0.5, 0.6) is 0 Å². The zero-order chi connectivity index (χ0) is 29.4. The number of nitrogens with zero attached hydrogens (tertiary/aromatic N) is 1. The first-order chi connectivity index (χ1) is 18.9. The molecule has 210 valence electrons. The molecule has 0 saturated heterocycles. The third kappa shape index (κ3) is 5.42. The van der Waals surface area contributed by atoms with Crippen LogP contribution in [0.4, 0.5) is 5.69 Å². The molecule has 0 spiro atoms. The lowest BCUT2D eigenvalue weighted by molar-refractivity contribution is -0.151. The van der Waals surface area contributed by atoms with Crippen LogP contribution < -0.4 is 4.90 Å². The van der Waals surface area contributed by atoms with Gasteiger partial charge < -0.3 is 14.2 Å². The fraction of sp³-hybridized carbons (Fsp3) is 0.345. The van der Waals surface area contributed by atoms with Crippen molar-refractivity contribution in [2.45, 2.75) is 52.2 Å². The third-order valence-corrected chi connectivity index (χ3v) is 9.92. The molecule has 1 aromatic rings. The number of benzene rings is 1. The van der Waals surface area contributed by atoms with Crippen molar-refractivity contribution in [2.75, 3.05) is 19.1 Å². The number of fused-ring (bicyclic) bond motifs is 1. The summed E-state index contributed by atoms with van der Waals surface area (Å²) < 4.78 is 16.0. The zero-order valence-corrected chi connectivity index (χ0v) is 25.4. The van der Waals surface area contributed by atoms with Gasteiger partial charge in [0.25, 0.3) is 5.91 Å². The lowest BCUT2D eigenvalue weighted by Crippen LogP contribution is -2.59. The van der Waals surface area contributed by atoms with Crippen molar-refractivity contribution in [1.82, 2.24) is 0 Å². The number of thioether (sulfide) groups is 2. The van der Waals surface area contributed by atoms with Crippen LogP contribution in [0.15, 0.2) is 56.0 Å². The maximum absolute atomic E-state index is 14.3. The van der Waals surface area contributed by atoms with Gasteiger partial charge in [-0.05, 0) is 51.3 Å². The van der Waals surface area contributed by atoms with Crippen molar-refractivity contribution in [1.29, 1.82) is 0 Å². The number of aryl methyl sites for hydroxylation is 1. The lowest BCUT2D eigenvalue weighted by Gasteiger charge is -2.46. The number of esters is 3. The maximum atomic E-state index is 14.3. The summed E-state index contributed by atoms with van der Waals surface area (Å²) in [6.45, 7) is 6.86. The van der Waals surface area contributed by atoms with E-state index in [2.05, 4.69) is 0 Å². The van der Waals surface area contributed by atoms with Crippen molar-refractivity contribution in [3.05, 3.63) is 67.2 Å². The predicted molar refractivity (Wildman–Crippen MR) is 161 cm³/mol. The van der Waals surface area contributed by atoms with Gasteiger partial charge >= 0.3 is 17.9 Å². The number of thiocarbonyl (C=S) groups is 1. The minimum absolute atomic E-state index is 0.113. The first-order valence-electron chi connectivity index (χ1n) is 12.5. The van der Waals surface area contributed by atoms with E-state index in [1.807, 2.05) is 57.2 Å². The summed E-state index contributed by atoms with van der Waals surface area (Å²) in [4.78, 5) is 53.8. The number of amides is 1. The van der Waals surface area contributed by atoms with Crippen LogP contribution in [0.1, 0.15) is 44.7 Å². The van der Waals surface area contributed by atoms with Gasteiger partial charge in [-0.2, -0.15) is 0 Å². The maximum Gasteiger partial charge on any atom is 0.346 e. The number of hydrogen-bond donors (Lipinski definition) is 0. The van der Waals surface area contributed by atoms with Gasteiger partial charge in [0.1, 0.15) is 9.81 Å². The summed E-state index contributed by atoms with van der Waals surface area (Å²) in [5.74, 6) is -2.29. The molecule has 11 heteroatoms. The number of carbonyl (C=O) groups excluding carboxylic acids is 4. The molecule has 1 aromatic carbocycles. The van der Waals surface area contributed by atoms with E-state index in [4.69, 9.17) is 26.4 Å². The van der Waals surface area contributed by atoms with Crippen molar-refractivity contribution in [3.8, 4) is 0 Å². The summed E-state index contributed by atoms with van der Waals surface area (Å²) in [6, 6.07) is 5.65. The normalized spacial score (nSPS) is 18.7. The van der Waals surface area contributed by atoms with Crippen molar-refractivity contribution in [2.24, 2.45) is 0 Å². The molecule has 0 unspecified atom stereocenters. The average Bonchev–Trinajstić information content (AvgIpc) is 3.37. The molecule has 2 aliphatic heterocycles. The highest BCUT2D eigenvalue weighted by atomic mass is 32.2. The van der Waals surface area contributed by atoms with Gasteiger partial charge in [0.15, 0.2) is 0 Å². The van der Waals surface area contributed by atoms with E-state index in [-0.39, 0.29) is 9.81 Å². The summed E-state index contributed by atoms with van der Waals surface area (Å²) >= 11 is 8.23. The van der Waals surface area contributed by atoms with Gasteiger partial charge in [-0.15, -0.1) is 0 Å². The van der Waals surface area contributed by atoms with E-state index < -0.39 is 35.5 Å². The second-order valence-corrected chi connectivity index (χ2v) is 12.5. The van der Waals surface area contributed by atoms with E-state index in [1.54, 1.807) is 4.90 Å². The van der Waals surface area contributed by atoms with E-state index in [0.717, 1.165) is 35.5 Å². The standard InChI is InChI=1S/C29H29NO7S3/c1-15-12-13-19-18(14-15)20(28-39-22(26(33)35-5)23(40-28)27(34)36-6)24(38)29(3,4)30(19)25(32)21(37-16(2)31)17-10-8-7-9-11-17/h7-8,10,12-14,21H,9,11H2,1-6H3/t21-/m0/s1. The van der Waals surface area contributed by atoms with Gasteiger partial charge in [0, 0.05) is 18.1 Å². The van der Waals surface area contributed by atoms with Crippen LogP contribution >= 0.6 is 35.7 Å². The summed E-state index contributed by atoms with van der Waals surface area (Å²) in [6.07, 6.45) is 5.87. The fourth-order valence-corrected chi connectivity index (χ4v) is 7.77. The highest BCUT2D eigenvalue weighted by Gasteiger charge is 2.48. The molecular weight excluding hydrogens is 571 g/mol. The second-order valence-electron chi connectivity index (χ2n) is 9.79. The first-order valence-corrected chi connectivity index (χ1v) is 14.5. The molecule has 0 N–H and O–H groups in total. The Balaban J connectivity index is 1.89. The van der Waals surface area contributed by atoms with Gasteiger partial charge in [0.2, 0.25) is 6.10 Å². The Bertz CT molecular complexity index is 1420. The van der Waals surface area contributed by atoms with Crippen molar-refractivity contribution in [3.63, 3.8) is 0 Å². The Kier molecular flexibility index (Phi) is 8.77. The second kappa shape index (κ2) is 11.8. The van der Waals surface area contributed by atoms with E-state index in [1.165, 1.54) is 21.1 Å². The Morgan fingerprint density at radius 2 is 1.68 bits per heavy atom. The van der Waals surface area contributed by atoms with Gasteiger partial charge in [-0.1, -0.05) is 65.6 Å². The summed E-state index contributed by atoms with van der Waals surface area (Å²) in [5.41, 5.74) is 2.47. The first kappa shape index (κ1) is 29.8. The van der Waals surface area contributed by atoms with Crippen LogP contribution in [-0.4, -0.2) is 54.5 Å². The molecule has 0 aromatic heterocycles. The molecule has 40 heavy (non-hydrogen) atoms. The molecule has 0 saturated carbocycles. The SMILES string of the molecule is COC(=O)C1=C(C(=O)OC)SC(=C2C(=S)C(C)(C)N(C(=O)[C@@H](OC(C)=O)C3=CC=CCC3)c3ccc(C)cc32)S1. The highest BCUT2D eigenvalue weighted by Crippen LogP contribution is 2.56. The molecule has 1 aliphatic carbocycles. The Hall–Kier alpha value is -3.15. The van der Waals surface area contributed by atoms with Crippen LogP contribution in [0, 0.1) is 6.92 Å². The van der Waals surface area contributed by atoms with E-state index in [0.29, 0.717) is 37.9 Å². The minimum atomic E-state index is -1.11. The van der Waals surface area contributed by atoms with Crippen LogP contribution in [0.2, 0.25) is 0 Å². The molecule has 2 heterocycles. The molecule has 1 atom stereocenters. The number of carbonyl (C=O) groups is 4. The number of allylic oxidation sites excluding steroid dienone is 3. The van der Waals surface area contributed by atoms with Gasteiger partial charge in [-0.25, -0.2) is 9.59 Å². The minimum Gasteiger partial charge on any atom is -0.465 e. The molecule has 3 aliphatic rings. The number of hydrogen-bond acceptors (Lipinski definition) is 10. The molecule has 1 amide bonds. The molecule has 4 rings (SSSR count). The fourth-order valence-electron chi connectivity index (χ4n) is 4.74. The number of methoxy groups -OCH3 is 2. The number of ether oxygens (including phenoxy) is 3. The third-order valence-electron chi connectivity index (χ3n) is 6.66. The average molecular weight is 600 g/mol. The smallest absolute Gasteiger partial charge is 0.346 e. The van der Waals surface area contributed by atoms with Gasteiger partial charge in [0.05, 0.1) is 34.5 Å². The zero-order valence-electron chi connectivity index (χ0n) is 23.0.